The highest BCUT2D eigenvalue weighted by Gasteiger charge is 2.38. The highest BCUT2D eigenvalue weighted by molar-refractivity contribution is 5.74. The second-order valence-corrected chi connectivity index (χ2v) is 6.93. The number of hydrogen-bond acceptors (Lipinski definition) is 3. The first kappa shape index (κ1) is 18.6. The number of para-hydroxylation sites is 1. The summed E-state index contributed by atoms with van der Waals surface area (Å²) in [6, 6.07) is 7.56. The Kier molecular flexibility index (Phi) is 6.49. The van der Waals surface area contributed by atoms with Gasteiger partial charge in [-0.25, -0.2) is 4.79 Å². The summed E-state index contributed by atoms with van der Waals surface area (Å²) in [6.07, 6.45) is 4.06. The number of amides is 2. The summed E-state index contributed by atoms with van der Waals surface area (Å²) in [5.74, 6) is 0.820. The number of benzene rings is 1. The molecule has 5 heteroatoms. The zero-order valence-corrected chi connectivity index (χ0v) is 15.0. The van der Waals surface area contributed by atoms with E-state index in [2.05, 4.69) is 12.2 Å². The van der Waals surface area contributed by atoms with Crippen LogP contribution in [0.5, 0.6) is 5.75 Å². The van der Waals surface area contributed by atoms with Crippen molar-refractivity contribution in [3.05, 3.63) is 29.8 Å². The van der Waals surface area contributed by atoms with E-state index in [9.17, 15) is 9.90 Å². The molecule has 0 heterocycles. The molecule has 1 fully saturated rings. The minimum atomic E-state index is -0.139. The molecule has 5 nitrogen and oxygen atoms in total. The Morgan fingerprint density at radius 1 is 1.42 bits per heavy atom. The van der Waals surface area contributed by atoms with Gasteiger partial charge in [0.15, 0.2) is 0 Å². The molecule has 0 radical (unpaired) electrons. The molecule has 1 unspecified atom stereocenters. The van der Waals surface area contributed by atoms with Crippen LogP contribution in [0.25, 0.3) is 0 Å². The molecule has 1 saturated carbocycles. The fourth-order valence-electron chi connectivity index (χ4n) is 3.17. The van der Waals surface area contributed by atoms with Crippen LogP contribution >= 0.6 is 0 Å². The maximum absolute atomic E-state index is 12.5. The van der Waals surface area contributed by atoms with Gasteiger partial charge in [-0.3, -0.25) is 0 Å². The van der Waals surface area contributed by atoms with Gasteiger partial charge in [0.25, 0.3) is 0 Å². The van der Waals surface area contributed by atoms with Crippen LogP contribution in [0.3, 0.4) is 0 Å². The van der Waals surface area contributed by atoms with E-state index < -0.39 is 0 Å². The smallest absolute Gasteiger partial charge is 0.317 e. The summed E-state index contributed by atoms with van der Waals surface area (Å²) >= 11 is 0. The zero-order chi connectivity index (χ0) is 17.6. The van der Waals surface area contributed by atoms with Crippen molar-refractivity contribution in [2.24, 2.45) is 5.41 Å². The van der Waals surface area contributed by atoms with E-state index in [-0.39, 0.29) is 24.1 Å². The number of hydrogen-bond donors (Lipinski definition) is 2. The molecule has 0 aliphatic heterocycles. The number of ether oxygens (including phenoxy) is 1. The van der Waals surface area contributed by atoms with E-state index >= 15 is 0 Å². The second kappa shape index (κ2) is 8.38. The lowest BCUT2D eigenvalue weighted by Gasteiger charge is -2.42. The number of aliphatic hydroxyl groups excluding tert-OH is 1. The lowest BCUT2D eigenvalue weighted by molar-refractivity contribution is 0.0227. The first-order chi connectivity index (χ1) is 11.5. The van der Waals surface area contributed by atoms with E-state index in [0.717, 1.165) is 37.0 Å². The van der Waals surface area contributed by atoms with Gasteiger partial charge in [-0.2, -0.15) is 0 Å². The molecule has 1 aromatic rings. The third-order valence-electron chi connectivity index (χ3n) is 4.86. The minimum Gasteiger partial charge on any atom is -0.493 e. The number of carbonyl (C=O) groups is 1. The molecule has 0 spiro atoms. The van der Waals surface area contributed by atoms with Crippen LogP contribution in [-0.2, 0) is 0 Å². The standard InChI is InChI=1S/C19H30N2O3/c1-4-12-24-17-9-6-5-8-16(17)15(2)20-18(23)21(3)13-19(14-22)10-7-11-19/h5-6,8-9,15,22H,4,7,10-14H2,1-3H3,(H,20,23). The van der Waals surface area contributed by atoms with Crippen molar-refractivity contribution < 1.29 is 14.6 Å². The molecule has 134 valence electrons. The number of urea groups is 1. The predicted molar refractivity (Wildman–Crippen MR) is 95.2 cm³/mol. The Balaban J connectivity index is 1.96. The van der Waals surface area contributed by atoms with Gasteiger partial charge in [0.05, 0.1) is 19.3 Å². The number of rotatable bonds is 8. The number of carbonyl (C=O) groups excluding carboxylic acids is 1. The van der Waals surface area contributed by atoms with Crippen molar-refractivity contribution in [2.45, 2.75) is 45.6 Å². The Labute approximate surface area is 145 Å². The molecule has 0 aromatic heterocycles. The maximum atomic E-state index is 12.5. The first-order valence-electron chi connectivity index (χ1n) is 8.85. The van der Waals surface area contributed by atoms with Crippen molar-refractivity contribution in [1.29, 1.82) is 0 Å². The van der Waals surface area contributed by atoms with Crippen LogP contribution < -0.4 is 10.1 Å². The first-order valence-corrected chi connectivity index (χ1v) is 8.85. The molecular formula is C19H30N2O3. The summed E-state index contributed by atoms with van der Waals surface area (Å²) in [5.41, 5.74) is 0.880. The quantitative estimate of drug-likeness (QED) is 0.766. The van der Waals surface area contributed by atoms with E-state index in [0.29, 0.717) is 13.2 Å². The fraction of sp³-hybridized carbons (Fsp3) is 0.632. The molecule has 0 saturated heterocycles. The normalized spacial score (nSPS) is 16.8. The lowest BCUT2D eigenvalue weighted by Crippen LogP contribution is -2.48. The molecule has 1 atom stereocenters. The van der Waals surface area contributed by atoms with Crippen LogP contribution in [0.15, 0.2) is 24.3 Å². The van der Waals surface area contributed by atoms with Crippen LogP contribution in [-0.4, -0.2) is 42.8 Å². The van der Waals surface area contributed by atoms with Gasteiger partial charge in [-0.15, -0.1) is 0 Å². The van der Waals surface area contributed by atoms with E-state index in [1.165, 1.54) is 0 Å². The molecule has 0 bridgehead atoms. The van der Waals surface area contributed by atoms with Crippen LogP contribution in [0, 0.1) is 5.41 Å². The Hall–Kier alpha value is -1.75. The molecular weight excluding hydrogens is 304 g/mol. The van der Waals surface area contributed by atoms with Gasteiger partial charge in [-0.1, -0.05) is 31.5 Å². The van der Waals surface area contributed by atoms with Gasteiger partial charge in [-0.05, 0) is 32.3 Å². The molecule has 1 aromatic carbocycles. The predicted octanol–water partition coefficient (Wildman–Crippen LogP) is 3.34. The van der Waals surface area contributed by atoms with Crippen molar-refractivity contribution in [1.82, 2.24) is 10.2 Å². The van der Waals surface area contributed by atoms with Crippen molar-refractivity contribution in [3.63, 3.8) is 0 Å². The summed E-state index contributed by atoms with van der Waals surface area (Å²) in [4.78, 5) is 14.2. The third kappa shape index (κ3) is 4.41. The highest BCUT2D eigenvalue weighted by atomic mass is 16.5. The van der Waals surface area contributed by atoms with E-state index in [1.54, 1.807) is 11.9 Å². The van der Waals surface area contributed by atoms with Crippen LogP contribution in [0.1, 0.15) is 51.1 Å². The van der Waals surface area contributed by atoms with Gasteiger partial charge in [0.1, 0.15) is 5.75 Å². The van der Waals surface area contributed by atoms with Gasteiger partial charge >= 0.3 is 6.03 Å². The average molecular weight is 334 g/mol. The summed E-state index contributed by atoms with van der Waals surface area (Å²) in [6.45, 7) is 5.44. The Bertz CT molecular complexity index is 538. The number of nitrogens with one attached hydrogen (secondary N) is 1. The van der Waals surface area contributed by atoms with E-state index in [1.807, 2.05) is 31.2 Å². The molecule has 2 amide bonds. The molecule has 24 heavy (non-hydrogen) atoms. The van der Waals surface area contributed by atoms with Crippen molar-refractivity contribution in [2.75, 3.05) is 26.8 Å². The second-order valence-electron chi connectivity index (χ2n) is 6.93. The van der Waals surface area contributed by atoms with Gasteiger partial charge < -0.3 is 20.1 Å². The molecule has 2 N–H and O–H groups in total. The van der Waals surface area contributed by atoms with Crippen LogP contribution in [0.4, 0.5) is 4.79 Å². The SMILES string of the molecule is CCCOc1ccccc1C(C)NC(=O)N(C)CC1(CO)CCC1. The summed E-state index contributed by atoms with van der Waals surface area (Å²) in [7, 11) is 1.79. The molecule has 1 aliphatic carbocycles. The molecule has 2 rings (SSSR count). The third-order valence-corrected chi connectivity index (χ3v) is 4.86. The minimum absolute atomic E-state index is 0.0997. The topological polar surface area (TPSA) is 61.8 Å². The molecule has 1 aliphatic rings. The Morgan fingerprint density at radius 2 is 2.12 bits per heavy atom. The Morgan fingerprint density at radius 3 is 2.71 bits per heavy atom. The fourth-order valence-corrected chi connectivity index (χ4v) is 3.17. The van der Waals surface area contributed by atoms with Crippen LogP contribution in [0.2, 0.25) is 0 Å². The zero-order valence-electron chi connectivity index (χ0n) is 15.0. The number of aliphatic hydroxyl groups is 1. The van der Waals surface area contributed by atoms with E-state index in [4.69, 9.17) is 4.74 Å². The summed E-state index contributed by atoms with van der Waals surface area (Å²) < 4.78 is 5.78. The van der Waals surface area contributed by atoms with Crippen molar-refractivity contribution >= 4 is 6.03 Å². The lowest BCUT2D eigenvalue weighted by atomic mass is 9.69. The monoisotopic (exact) mass is 334 g/mol. The maximum Gasteiger partial charge on any atom is 0.317 e. The highest BCUT2D eigenvalue weighted by Crippen LogP contribution is 2.40. The number of nitrogens with zero attached hydrogens (tertiary/aromatic N) is 1. The average Bonchev–Trinajstić information content (AvgIpc) is 2.56. The van der Waals surface area contributed by atoms with Crippen molar-refractivity contribution in [3.8, 4) is 5.75 Å². The van der Waals surface area contributed by atoms with Gasteiger partial charge in [0.2, 0.25) is 0 Å². The largest absolute Gasteiger partial charge is 0.493 e. The summed E-state index contributed by atoms with van der Waals surface area (Å²) in [5, 5.41) is 12.6. The van der Waals surface area contributed by atoms with Gasteiger partial charge in [0, 0.05) is 24.6 Å².